The molecule has 0 saturated carbocycles. The fourth-order valence-corrected chi connectivity index (χ4v) is 4.16. The monoisotopic (exact) mass is 484 g/mol. The molecular weight excluding hydrogens is 448 g/mol. The van der Waals surface area contributed by atoms with Crippen molar-refractivity contribution >= 4 is 11.0 Å². The summed E-state index contributed by atoms with van der Waals surface area (Å²) in [5.74, 6) is -0.215. The first-order chi connectivity index (χ1) is 17.0. The van der Waals surface area contributed by atoms with Crippen molar-refractivity contribution in [1.29, 1.82) is 0 Å². The summed E-state index contributed by atoms with van der Waals surface area (Å²) >= 11 is 0. The maximum absolute atomic E-state index is 12.8. The van der Waals surface area contributed by atoms with Crippen LogP contribution in [0.15, 0.2) is 39.5 Å². The van der Waals surface area contributed by atoms with Gasteiger partial charge < -0.3 is 29.2 Å². The van der Waals surface area contributed by atoms with Gasteiger partial charge in [-0.1, -0.05) is 64.7 Å². The molecule has 0 fully saturated rings. The van der Waals surface area contributed by atoms with Crippen molar-refractivity contribution in [2.75, 3.05) is 13.7 Å². The van der Waals surface area contributed by atoms with Crippen molar-refractivity contribution in [3.05, 3.63) is 40.6 Å². The largest absolute Gasteiger partial charge is 0.507 e. The van der Waals surface area contributed by atoms with Crippen LogP contribution in [0.5, 0.6) is 28.7 Å². The number of hydrogen-bond donors (Lipinski definition) is 3. The van der Waals surface area contributed by atoms with Crippen LogP contribution < -0.4 is 14.9 Å². The molecule has 7 heteroatoms. The van der Waals surface area contributed by atoms with E-state index in [1.54, 1.807) is 0 Å². The predicted octanol–water partition coefficient (Wildman–Crippen LogP) is 6.89. The van der Waals surface area contributed by atoms with E-state index in [-0.39, 0.29) is 39.7 Å². The third kappa shape index (κ3) is 6.84. The van der Waals surface area contributed by atoms with E-state index < -0.39 is 5.43 Å². The number of phenolic OH excluding ortho intramolecular Hbond substituents is 3. The molecular formula is C28H36O7. The lowest BCUT2D eigenvalue weighted by Gasteiger charge is -2.14. The minimum absolute atomic E-state index is 0.0140. The number of hydrogen-bond acceptors (Lipinski definition) is 7. The lowest BCUT2D eigenvalue weighted by atomic mass is 10.1. The van der Waals surface area contributed by atoms with Crippen LogP contribution in [0.1, 0.15) is 71.1 Å². The van der Waals surface area contributed by atoms with E-state index in [4.69, 9.17) is 13.9 Å². The quantitative estimate of drug-likeness (QED) is 0.169. The first kappa shape index (κ1) is 26.3. The van der Waals surface area contributed by atoms with Crippen LogP contribution in [-0.4, -0.2) is 29.0 Å². The second kappa shape index (κ2) is 12.9. The Hall–Kier alpha value is -3.35. The predicted molar refractivity (Wildman–Crippen MR) is 137 cm³/mol. The third-order valence-corrected chi connectivity index (χ3v) is 6.12. The van der Waals surface area contributed by atoms with Gasteiger partial charge >= 0.3 is 0 Å². The first-order valence-electron chi connectivity index (χ1n) is 12.5. The maximum atomic E-state index is 12.8. The highest BCUT2D eigenvalue weighted by Crippen LogP contribution is 2.41. The number of methoxy groups -OCH3 is 1. The molecule has 3 aromatic rings. The molecule has 190 valence electrons. The minimum Gasteiger partial charge on any atom is -0.507 e. The summed E-state index contributed by atoms with van der Waals surface area (Å²) in [6, 6.07) is 6.70. The second-order valence-electron chi connectivity index (χ2n) is 8.84. The molecule has 3 rings (SSSR count). The Morgan fingerprint density at radius 3 is 2.09 bits per heavy atom. The number of benzene rings is 2. The number of aromatic hydroxyl groups is 3. The zero-order valence-electron chi connectivity index (χ0n) is 20.6. The van der Waals surface area contributed by atoms with E-state index in [0.717, 1.165) is 19.3 Å². The number of ether oxygens (including phenoxy) is 2. The Kier molecular flexibility index (Phi) is 9.70. The Balaban J connectivity index is 1.67. The summed E-state index contributed by atoms with van der Waals surface area (Å²) in [5.41, 5.74) is -0.0241. The SMILES string of the molecule is CCCCCCCCCCCCOc1cc(O)c2c(=O)cc(-c3ccc(O)c(O)c3)oc2c1OC. The Labute approximate surface area is 205 Å². The van der Waals surface area contributed by atoms with E-state index in [1.165, 1.54) is 82.4 Å². The molecule has 0 aliphatic carbocycles. The summed E-state index contributed by atoms with van der Waals surface area (Å²) in [6.07, 6.45) is 12.2. The minimum atomic E-state index is -0.467. The molecule has 0 amide bonds. The van der Waals surface area contributed by atoms with Gasteiger partial charge in [0.1, 0.15) is 16.9 Å². The van der Waals surface area contributed by atoms with Gasteiger partial charge in [-0.05, 0) is 24.6 Å². The van der Waals surface area contributed by atoms with Gasteiger partial charge in [-0.25, -0.2) is 0 Å². The van der Waals surface area contributed by atoms with E-state index in [9.17, 15) is 20.1 Å². The van der Waals surface area contributed by atoms with Crippen LogP contribution in [0.25, 0.3) is 22.3 Å². The zero-order chi connectivity index (χ0) is 25.2. The molecule has 35 heavy (non-hydrogen) atoms. The molecule has 0 bridgehead atoms. The number of fused-ring (bicyclic) bond motifs is 1. The van der Waals surface area contributed by atoms with Crippen LogP contribution >= 0.6 is 0 Å². The Morgan fingerprint density at radius 1 is 0.800 bits per heavy atom. The summed E-state index contributed by atoms with van der Waals surface area (Å²) in [7, 11) is 1.44. The van der Waals surface area contributed by atoms with Gasteiger partial charge in [0.05, 0.1) is 13.7 Å². The summed E-state index contributed by atoms with van der Waals surface area (Å²) in [5, 5.41) is 29.9. The zero-order valence-corrected chi connectivity index (χ0v) is 20.6. The van der Waals surface area contributed by atoms with Gasteiger partial charge in [0.2, 0.25) is 5.75 Å². The highest BCUT2D eigenvalue weighted by atomic mass is 16.5. The molecule has 0 unspecified atom stereocenters. The van der Waals surface area contributed by atoms with Crippen LogP contribution in [-0.2, 0) is 0 Å². The van der Waals surface area contributed by atoms with E-state index >= 15 is 0 Å². The molecule has 0 aliphatic heterocycles. The number of rotatable bonds is 14. The van der Waals surface area contributed by atoms with Gasteiger partial charge in [-0.2, -0.15) is 0 Å². The molecule has 0 spiro atoms. The van der Waals surface area contributed by atoms with Crippen LogP contribution in [0.2, 0.25) is 0 Å². The molecule has 7 nitrogen and oxygen atoms in total. The van der Waals surface area contributed by atoms with Crippen molar-refractivity contribution in [2.24, 2.45) is 0 Å². The normalized spacial score (nSPS) is 11.1. The third-order valence-electron chi connectivity index (χ3n) is 6.12. The molecule has 0 radical (unpaired) electrons. The van der Waals surface area contributed by atoms with Crippen LogP contribution in [0.3, 0.4) is 0 Å². The van der Waals surface area contributed by atoms with Gasteiger partial charge in [-0.3, -0.25) is 4.79 Å². The molecule has 0 atom stereocenters. The number of unbranched alkanes of at least 4 members (excludes halogenated alkanes) is 9. The summed E-state index contributed by atoms with van der Waals surface area (Å²) in [6.45, 7) is 2.68. The Bertz CT molecular complexity index is 1170. The van der Waals surface area contributed by atoms with Crippen LogP contribution in [0.4, 0.5) is 0 Å². The van der Waals surface area contributed by atoms with Crippen LogP contribution in [0, 0.1) is 0 Å². The van der Waals surface area contributed by atoms with Gasteiger partial charge in [0, 0.05) is 17.7 Å². The summed E-state index contributed by atoms with van der Waals surface area (Å²) < 4.78 is 17.3. The average molecular weight is 485 g/mol. The Morgan fingerprint density at radius 2 is 1.46 bits per heavy atom. The van der Waals surface area contributed by atoms with Crippen molar-refractivity contribution < 1.29 is 29.2 Å². The summed E-state index contributed by atoms with van der Waals surface area (Å²) in [4.78, 5) is 12.8. The molecule has 3 N–H and O–H groups in total. The second-order valence-corrected chi connectivity index (χ2v) is 8.84. The van der Waals surface area contributed by atoms with E-state index in [0.29, 0.717) is 17.9 Å². The highest BCUT2D eigenvalue weighted by Gasteiger charge is 2.20. The fourth-order valence-electron chi connectivity index (χ4n) is 4.16. The standard InChI is InChI=1S/C28H36O7/c1-3-4-5-6-7-8-9-10-11-12-15-34-25-18-23(32)26-22(31)17-24(35-28(26)27(25)33-2)19-13-14-20(29)21(30)16-19/h13-14,16-18,29-30,32H,3-12,15H2,1-2H3. The lowest BCUT2D eigenvalue weighted by molar-refractivity contribution is 0.283. The molecule has 0 aliphatic rings. The van der Waals surface area contributed by atoms with E-state index in [2.05, 4.69) is 6.92 Å². The van der Waals surface area contributed by atoms with Gasteiger partial charge in [0.15, 0.2) is 28.3 Å². The first-order valence-corrected chi connectivity index (χ1v) is 12.5. The molecule has 1 heterocycles. The maximum Gasteiger partial charge on any atom is 0.205 e. The van der Waals surface area contributed by atoms with Crippen molar-refractivity contribution in [2.45, 2.75) is 71.1 Å². The highest BCUT2D eigenvalue weighted by molar-refractivity contribution is 5.91. The molecule has 1 aromatic heterocycles. The molecule has 2 aromatic carbocycles. The fraction of sp³-hybridized carbons (Fsp3) is 0.464. The van der Waals surface area contributed by atoms with Crippen molar-refractivity contribution in [3.8, 4) is 40.1 Å². The average Bonchev–Trinajstić information content (AvgIpc) is 2.84. The lowest BCUT2D eigenvalue weighted by Crippen LogP contribution is -2.05. The van der Waals surface area contributed by atoms with Gasteiger partial charge in [0.25, 0.3) is 0 Å². The molecule has 0 saturated heterocycles. The topological polar surface area (TPSA) is 109 Å². The van der Waals surface area contributed by atoms with Crippen molar-refractivity contribution in [1.82, 2.24) is 0 Å². The van der Waals surface area contributed by atoms with E-state index in [1.807, 2.05) is 0 Å². The smallest absolute Gasteiger partial charge is 0.205 e. The van der Waals surface area contributed by atoms with Crippen molar-refractivity contribution in [3.63, 3.8) is 0 Å². The van der Waals surface area contributed by atoms with Gasteiger partial charge in [-0.15, -0.1) is 0 Å². The number of phenols is 3.